The third kappa shape index (κ3) is 2.53. The Morgan fingerprint density at radius 2 is 2.05 bits per heavy atom. The quantitative estimate of drug-likeness (QED) is 0.872. The maximum Gasteiger partial charge on any atom is 0.235 e. The third-order valence-electron chi connectivity index (χ3n) is 4.45. The van der Waals surface area contributed by atoms with Gasteiger partial charge in [-0.25, -0.2) is 0 Å². The zero-order chi connectivity index (χ0) is 14.8. The van der Waals surface area contributed by atoms with Crippen LogP contribution in [0.5, 0.6) is 0 Å². The number of anilines is 1. The van der Waals surface area contributed by atoms with E-state index in [0.717, 1.165) is 37.2 Å². The van der Waals surface area contributed by atoms with Gasteiger partial charge in [-0.05, 0) is 37.6 Å². The highest BCUT2D eigenvalue weighted by atomic mass is 16.2. The van der Waals surface area contributed by atoms with E-state index in [1.54, 1.807) is 7.05 Å². The molecule has 1 aromatic rings. The summed E-state index contributed by atoms with van der Waals surface area (Å²) in [6, 6.07) is 8.12. The monoisotopic (exact) mass is 287 g/mol. The van der Waals surface area contributed by atoms with E-state index in [-0.39, 0.29) is 30.2 Å². The van der Waals surface area contributed by atoms with Crippen LogP contribution in [0, 0.1) is 0 Å². The van der Waals surface area contributed by atoms with E-state index in [9.17, 15) is 9.59 Å². The normalized spacial score (nSPS) is 22.2. The largest absolute Gasteiger partial charge is 0.359 e. The van der Waals surface area contributed by atoms with E-state index in [4.69, 9.17) is 0 Å². The lowest BCUT2D eigenvalue weighted by Gasteiger charge is -2.32. The molecule has 0 saturated carbocycles. The van der Waals surface area contributed by atoms with Crippen molar-refractivity contribution >= 4 is 17.5 Å². The second-order valence-electron chi connectivity index (χ2n) is 5.68. The summed E-state index contributed by atoms with van der Waals surface area (Å²) in [5.41, 5.74) is 1.98. The molecule has 5 heteroatoms. The molecule has 0 spiro atoms. The van der Waals surface area contributed by atoms with Crippen LogP contribution < -0.4 is 15.5 Å². The van der Waals surface area contributed by atoms with E-state index in [1.165, 1.54) is 0 Å². The molecule has 0 radical (unpaired) electrons. The minimum Gasteiger partial charge on any atom is -0.359 e. The van der Waals surface area contributed by atoms with Crippen LogP contribution in [0.4, 0.5) is 5.69 Å². The minimum atomic E-state index is -0.337. The van der Waals surface area contributed by atoms with Crippen molar-refractivity contribution < 1.29 is 9.59 Å². The van der Waals surface area contributed by atoms with Gasteiger partial charge in [0, 0.05) is 25.2 Å². The van der Waals surface area contributed by atoms with Crippen LogP contribution >= 0.6 is 0 Å². The fourth-order valence-corrected chi connectivity index (χ4v) is 3.35. The highest BCUT2D eigenvalue weighted by molar-refractivity contribution is 6.07. The van der Waals surface area contributed by atoms with Crippen molar-refractivity contribution in [1.29, 1.82) is 0 Å². The molecular weight excluding hydrogens is 266 g/mol. The van der Waals surface area contributed by atoms with Crippen LogP contribution in [0.1, 0.15) is 30.7 Å². The van der Waals surface area contributed by atoms with Gasteiger partial charge >= 0.3 is 0 Å². The van der Waals surface area contributed by atoms with Gasteiger partial charge < -0.3 is 15.5 Å². The summed E-state index contributed by atoms with van der Waals surface area (Å²) < 4.78 is 0. The predicted molar refractivity (Wildman–Crippen MR) is 81.2 cm³/mol. The van der Waals surface area contributed by atoms with Gasteiger partial charge in [0.05, 0.1) is 5.92 Å². The molecule has 1 fully saturated rings. The Balaban J connectivity index is 1.91. The Morgan fingerprint density at radius 3 is 2.76 bits per heavy atom. The Bertz CT molecular complexity index is 552. The van der Waals surface area contributed by atoms with Crippen LogP contribution in [-0.4, -0.2) is 38.0 Å². The van der Waals surface area contributed by atoms with Crippen LogP contribution in [0.2, 0.25) is 0 Å². The van der Waals surface area contributed by atoms with Gasteiger partial charge in [0.2, 0.25) is 11.8 Å². The number of fused-ring (bicyclic) bond motifs is 1. The number of nitrogens with zero attached hydrogens (tertiary/aromatic N) is 1. The molecule has 5 nitrogen and oxygen atoms in total. The molecule has 0 bridgehead atoms. The first-order valence-electron chi connectivity index (χ1n) is 7.55. The van der Waals surface area contributed by atoms with Crippen LogP contribution in [0.25, 0.3) is 0 Å². The van der Waals surface area contributed by atoms with Crippen LogP contribution in [-0.2, 0) is 9.59 Å². The fraction of sp³-hybridized carbons (Fsp3) is 0.500. The first-order valence-corrected chi connectivity index (χ1v) is 7.55. The fourth-order valence-electron chi connectivity index (χ4n) is 3.35. The molecule has 0 aromatic heterocycles. The van der Waals surface area contributed by atoms with Crippen molar-refractivity contribution in [3.63, 3.8) is 0 Å². The number of piperidine rings is 1. The standard InChI is InChI=1S/C16H21N3O2/c1-17-15(20)10-13-12-4-2-3-5-14(12)19(16(13)21)11-6-8-18-9-7-11/h2-5,11,13,18H,6-10H2,1H3,(H,17,20). The number of hydrogen-bond donors (Lipinski definition) is 2. The summed E-state index contributed by atoms with van der Waals surface area (Å²) in [6.45, 7) is 1.88. The van der Waals surface area contributed by atoms with Gasteiger partial charge in [0.25, 0.3) is 0 Å². The van der Waals surface area contributed by atoms with Crippen molar-refractivity contribution in [3.8, 4) is 0 Å². The second kappa shape index (κ2) is 5.85. The van der Waals surface area contributed by atoms with E-state index >= 15 is 0 Å². The van der Waals surface area contributed by atoms with Gasteiger partial charge in [0.15, 0.2) is 0 Å². The number of carbonyl (C=O) groups excluding carboxylic acids is 2. The van der Waals surface area contributed by atoms with Crippen LogP contribution in [0.15, 0.2) is 24.3 Å². The molecule has 3 rings (SSSR count). The Hall–Kier alpha value is -1.88. The molecule has 0 aliphatic carbocycles. The maximum atomic E-state index is 12.8. The molecule has 1 unspecified atom stereocenters. The van der Waals surface area contributed by atoms with E-state index in [2.05, 4.69) is 10.6 Å². The number of nitrogens with one attached hydrogen (secondary N) is 2. The van der Waals surface area contributed by atoms with E-state index in [0.29, 0.717) is 0 Å². The maximum absolute atomic E-state index is 12.8. The number of para-hydroxylation sites is 1. The summed E-state index contributed by atoms with van der Waals surface area (Å²) in [4.78, 5) is 26.5. The topological polar surface area (TPSA) is 61.4 Å². The zero-order valence-corrected chi connectivity index (χ0v) is 12.3. The number of benzene rings is 1. The average molecular weight is 287 g/mol. The molecule has 2 N–H and O–H groups in total. The third-order valence-corrected chi connectivity index (χ3v) is 4.45. The molecule has 2 aliphatic rings. The van der Waals surface area contributed by atoms with Gasteiger partial charge in [0.1, 0.15) is 0 Å². The summed E-state index contributed by atoms with van der Waals surface area (Å²) in [6.07, 6.45) is 2.16. The minimum absolute atomic E-state index is 0.0756. The second-order valence-corrected chi connectivity index (χ2v) is 5.68. The smallest absolute Gasteiger partial charge is 0.235 e. The molecule has 1 atom stereocenters. The lowest BCUT2D eigenvalue weighted by molar-refractivity contribution is -0.126. The Kier molecular flexibility index (Phi) is 3.92. The van der Waals surface area contributed by atoms with Crippen molar-refractivity contribution in [2.24, 2.45) is 0 Å². The number of amides is 2. The summed E-state index contributed by atoms with van der Waals surface area (Å²) in [5, 5.41) is 5.95. The first-order chi connectivity index (χ1) is 10.2. The number of hydrogen-bond acceptors (Lipinski definition) is 3. The number of carbonyl (C=O) groups is 2. The van der Waals surface area contributed by atoms with E-state index in [1.807, 2.05) is 29.2 Å². The van der Waals surface area contributed by atoms with Gasteiger partial charge in [-0.2, -0.15) is 0 Å². The zero-order valence-electron chi connectivity index (χ0n) is 12.3. The molecular formula is C16H21N3O2. The lowest BCUT2D eigenvalue weighted by atomic mass is 9.97. The van der Waals surface area contributed by atoms with E-state index < -0.39 is 0 Å². The van der Waals surface area contributed by atoms with Crippen molar-refractivity contribution in [2.45, 2.75) is 31.2 Å². The molecule has 112 valence electrons. The van der Waals surface area contributed by atoms with Crippen LogP contribution in [0.3, 0.4) is 0 Å². The van der Waals surface area contributed by atoms with Crippen molar-refractivity contribution in [1.82, 2.24) is 10.6 Å². The highest BCUT2D eigenvalue weighted by Gasteiger charge is 2.41. The molecule has 2 aliphatic heterocycles. The average Bonchev–Trinajstić information content (AvgIpc) is 2.80. The molecule has 21 heavy (non-hydrogen) atoms. The summed E-state index contributed by atoms with van der Waals surface area (Å²) in [7, 11) is 1.61. The van der Waals surface area contributed by atoms with Crippen molar-refractivity contribution in [3.05, 3.63) is 29.8 Å². The van der Waals surface area contributed by atoms with Gasteiger partial charge in [-0.15, -0.1) is 0 Å². The van der Waals surface area contributed by atoms with Gasteiger partial charge in [-0.3, -0.25) is 9.59 Å². The Morgan fingerprint density at radius 1 is 1.33 bits per heavy atom. The van der Waals surface area contributed by atoms with Gasteiger partial charge in [-0.1, -0.05) is 18.2 Å². The lowest BCUT2D eigenvalue weighted by Crippen LogP contribution is -2.45. The number of rotatable bonds is 3. The SMILES string of the molecule is CNC(=O)CC1C(=O)N(C2CCNCC2)c2ccccc21. The molecule has 2 amide bonds. The molecule has 1 saturated heterocycles. The van der Waals surface area contributed by atoms with Crippen molar-refractivity contribution in [2.75, 3.05) is 25.0 Å². The molecule has 2 heterocycles. The first kappa shape index (κ1) is 14.1. The predicted octanol–water partition coefficient (Wildman–Crippen LogP) is 1.00. The highest BCUT2D eigenvalue weighted by Crippen LogP contribution is 2.41. The summed E-state index contributed by atoms with van der Waals surface area (Å²) >= 11 is 0. The molecule has 1 aromatic carbocycles. The summed E-state index contributed by atoms with van der Waals surface area (Å²) in [5.74, 6) is -0.349. The Labute approximate surface area is 124 Å².